The highest BCUT2D eigenvalue weighted by atomic mass is 79.9. The summed E-state index contributed by atoms with van der Waals surface area (Å²) in [4.78, 5) is 8.76. The second-order valence-electron chi connectivity index (χ2n) is 6.16. The molecule has 1 aromatic carbocycles. The number of aromatic nitrogens is 2. The number of nitrogens with one attached hydrogen (secondary N) is 3. The molecule has 1 heterocycles. The van der Waals surface area contributed by atoms with Crippen LogP contribution in [0.4, 0.5) is 17.5 Å². The molecule has 3 rings (SSSR count). The molecule has 0 spiro atoms. The van der Waals surface area contributed by atoms with Crippen molar-refractivity contribution in [2.75, 3.05) is 17.2 Å². The Morgan fingerprint density at radius 3 is 2.62 bits per heavy atom. The maximum absolute atomic E-state index is 12.2. The molecule has 8 nitrogen and oxygen atoms in total. The van der Waals surface area contributed by atoms with Gasteiger partial charge in [0.1, 0.15) is 5.82 Å². The number of hydrogen-bond donors (Lipinski definition) is 4. The van der Waals surface area contributed by atoms with Crippen molar-refractivity contribution < 1.29 is 13.5 Å². The van der Waals surface area contributed by atoms with Crippen LogP contribution in [0.25, 0.3) is 0 Å². The van der Waals surface area contributed by atoms with E-state index in [1.807, 2.05) is 6.92 Å². The fraction of sp³-hybridized carbons (Fsp3) is 0.375. The van der Waals surface area contributed by atoms with E-state index < -0.39 is 10.0 Å². The molecule has 26 heavy (non-hydrogen) atoms. The molecule has 0 radical (unpaired) electrons. The second kappa shape index (κ2) is 7.87. The number of rotatable bonds is 8. The van der Waals surface area contributed by atoms with E-state index in [9.17, 15) is 8.42 Å². The van der Waals surface area contributed by atoms with Crippen molar-refractivity contribution in [3.63, 3.8) is 0 Å². The highest BCUT2D eigenvalue weighted by molar-refractivity contribution is 9.10. The highest BCUT2D eigenvalue weighted by Gasteiger charge is 2.27. The number of nitrogens with zero attached hydrogens (tertiary/aromatic N) is 2. The molecular weight excluding hydrogens is 422 g/mol. The van der Waals surface area contributed by atoms with E-state index in [0.717, 1.165) is 12.8 Å². The zero-order valence-electron chi connectivity index (χ0n) is 14.1. The van der Waals surface area contributed by atoms with E-state index >= 15 is 0 Å². The molecular formula is C16H20BrN5O3S. The minimum absolute atomic E-state index is 0.0238. The predicted octanol–water partition coefficient (Wildman–Crippen LogP) is 2.22. The van der Waals surface area contributed by atoms with Crippen LogP contribution < -0.4 is 15.4 Å². The number of aliphatic hydroxyl groups excluding tert-OH is 1. The van der Waals surface area contributed by atoms with Crippen LogP contribution >= 0.6 is 15.9 Å². The summed E-state index contributed by atoms with van der Waals surface area (Å²) in [6.07, 6.45) is 3.39. The monoisotopic (exact) mass is 441 g/mol. The summed E-state index contributed by atoms with van der Waals surface area (Å²) in [6, 6.07) is 6.32. The van der Waals surface area contributed by atoms with Crippen molar-refractivity contribution in [1.82, 2.24) is 14.7 Å². The molecule has 140 valence electrons. The van der Waals surface area contributed by atoms with Crippen LogP contribution in [-0.4, -0.2) is 42.2 Å². The first-order valence-corrected chi connectivity index (χ1v) is 10.4. The number of anilines is 3. The van der Waals surface area contributed by atoms with Gasteiger partial charge in [0.15, 0.2) is 0 Å². The predicted molar refractivity (Wildman–Crippen MR) is 103 cm³/mol. The Hall–Kier alpha value is -1.75. The lowest BCUT2D eigenvalue weighted by molar-refractivity contribution is 0.281. The average Bonchev–Trinajstić information content (AvgIpc) is 3.41. The minimum Gasteiger partial charge on any atom is -0.394 e. The van der Waals surface area contributed by atoms with Crippen LogP contribution in [0, 0.1) is 0 Å². The number of benzene rings is 1. The van der Waals surface area contributed by atoms with Crippen LogP contribution in [0.5, 0.6) is 0 Å². The lowest BCUT2D eigenvalue weighted by Gasteiger charge is -2.14. The van der Waals surface area contributed by atoms with Gasteiger partial charge in [0.25, 0.3) is 0 Å². The maximum Gasteiger partial charge on any atom is 0.240 e. The number of aliphatic hydroxyl groups is 1. The molecule has 1 saturated carbocycles. The van der Waals surface area contributed by atoms with Gasteiger partial charge in [-0.05, 0) is 60.0 Å². The Kier molecular flexibility index (Phi) is 5.76. The fourth-order valence-electron chi connectivity index (χ4n) is 2.14. The van der Waals surface area contributed by atoms with Gasteiger partial charge in [0.2, 0.25) is 16.0 Å². The molecule has 0 aliphatic heterocycles. The van der Waals surface area contributed by atoms with Gasteiger partial charge in [-0.25, -0.2) is 18.1 Å². The summed E-state index contributed by atoms with van der Waals surface area (Å²) in [5.41, 5.74) is 0.666. The first-order valence-electron chi connectivity index (χ1n) is 8.17. The SMILES string of the molecule is C[C@H](CO)Nc1nc(Nc2ccc(S(=O)(=O)NC3CC3)cc2)ncc1Br. The number of hydrogen-bond acceptors (Lipinski definition) is 7. The third-order valence-electron chi connectivity index (χ3n) is 3.72. The van der Waals surface area contributed by atoms with Crippen molar-refractivity contribution in [1.29, 1.82) is 0 Å². The molecule has 2 aromatic rings. The summed E-state index contributed by atoms with van der Waals surface area (Å²) in [6.45, 7) is 1.81. The standard InChI is InChI=1S/C16H20BrN5O3S/c1-10(9-23)19-15-14(17)8-18-16(21-15)20-11-4-6-13(7-5-11)26(24,25)22-12-2-3-12/h4-8,10,12,22-23H,2-3,9H2,1H3,(H2,18,19,20,21)/t10-/m1/s1. The van der Waals surface area contributed by atoms with E-state index in [1.165, 1.54) is 0 Å². The molecule has 1 fully saturated rings. The second-order valence-corrected chi connectivity index (χ2v) is 8.73. The molecule has 1 aliphatic carbocycles. The zero-order valence-corrected chi connectivity index (χ0v) is 16.5. The van der Waals surface area contributed by atoms with E-state index in [2.05, 4.69) is 41.3 Å². The normalized spacial score (nSPS) is 15.5. The number of halogens is 1. The van der Waals surface area contributed by atoms with Gasteiger partial charge in [-0.15, -0.1) is 0 Å². The summed E-state index contributed by atoms with van der Waals surface area (Å²) < 4.78 is 27.7. The van der Waals surface area contributed by atoms with Gasteiger partial charge in [-0.2, -0.15) is 4.98 Å². The summed E-state index contributed by atoms with van der Waals surface area (Å²) in [5, 5.41) is 15.2. The Labute approximate surface area is 160 Å². The van der Waals surface area contributed by atoms with Crippen molar-refractivity contribution in [2.24, 2.45) is 0 Å². The van der Waals surface area contributed by atoms with E-state index in [4.69, 9.17) is 5.11 Å². The Balaban J connectivity index is 1.71. The molecule has 1 aromatic heterocycles. The van der Waals surface area contributed by atoms with Gasteiger partial charge in [-0.3, -0.25) is 0 Å². The maximum atomic E-state index is 12.2. The van der Waals surface area contributed by atoms with Gasteiger partial charge >= 0.3 is 0 Å². The first-order chi connectivity index (χ1) is 12.4. The van der Waals surface area contributed by atoms with Crippen molar-refractivity contribution >= 4 is 43.4 Å². The summed E-state index contributed by atoms with van der Waals surface area (Å²) in [5.74, 6) is 0.907. The Morgan fingerprint density at radius 2 is 2.00 bits per heavy atom. The fourth-order valence-corrected chi connectivity index (χ4v) is 3.75. The summed E-state index contributed by atoms with van der Waals surface area (Å²) in [7, 11) is -3.46. The number of sulfonamides is 1. The third-order valence-corrected chi connectivity index (χ3v) is 5.84. The largest absolute Gasteiger partial charge is 0.394 e. The van der Waals surface area contributed by atoms with Crippen molar-refractivity contribution in [3.8, 4) is 0 Å². The lowest BCUT2D eigenvalue weighted by Crippen LogP contribution is -2.25. The highest BCUT2D eigenvalue weighted by Crippen LogP contribution is 2.25. The molecule has 0 saturated heterocycles. The van der Waals surface area contributed by atoms with Gasteiger partial charge < -0.3 is 15.7 Å². The first kappa shape index (κ1) is 19.0. The molecule has 1 aliphatic rings. The van der Waals surface area contributed by atoms with Gasteiger partial charge in [0, 0.05) is 24.0 Å². The smallest absolute Gasteiger partial charge is 0.240 e. The van der Waals surface area contributed by atoms with E-state index in [-0.39, 0.29) is 23.6 Å². The molecule has 0 bridgehead atoms. The van der Waals surface area contributed by atoms with Crippen LogP contribution in [0.3, 0.4) is 0 Å². The lowest BCUT2D eigenvalue weighted by atomic mass is 10.3. The van der Waals surface area contributed by atoms with Crippen LogP contribution in [0.2, 0.25) is 0 Å². The molecule has 4 N–H and O–H groups in total. The van der Waals surface area contributed by atoms with E-state index in [1.54, 1.807) is 30.5 Å². The zero-order chi connectivity index (χ0) is 18.7. The third kappa shape index (κ3) is 4.91. The minimum atomic E-state index is -3.46. The summed E-state index contributed by atoms with van der Waals surface area (Å²) >= 11 is 3.36. The van der Waals surface area contributed by atoms with E-state index in [0.29, 0.717) is 21.9 Å². The molecule has 0 amide bonds. The average molecular weight is 442 g/mol. The quantitative estimate of drug-likeness (QED) is 0.496. The van der Waals surface area contributed by atoms with Crippen molar-refractivity contribution in [3.05, 3.63) is 34.9 Å². The van der Waals surface area contributed by atoms with Crippen molar-refractivity contribution in [2.45, 2.75) is 36.7 Å². The van der Waals surface area contributed by atoms with Gasteiger partial charge in [0.05, 0.1) is 16.0 Å². The van der Waals surface area contributed by atoms with Gasteiger partial charge in [-0.1, -0.05) is 0 Å². The van der Waals surface area contributed by atoms with Crippen LogP contribution in [-0.2, 0) is 10.0 Å². The Morgan fingerprint density at radius 1 is 1.31 bits per heavy atom. The molecule has 0 unspecified atom stereocenters. The van der Waals surface area contributed by atoms with Crippen LogP contribution in [0.15, 0.2) is 39.8 Å². The van der Waals surface area contributed by atoms with Crippen LogP contribution in [0.1, 0.15) is 19.8 Å². The Bertz CT molecular complexity index is 872. The topological polar surface area (TPSA) is 116 Å². The molecule has 10 heteroatoms. The molecule has 1 atom stereocenters.